The molecule has 1 aliphatic rings. The molecule has 1 unspecified atom stereocenters. The molecule has 0 aromatic heterocycles. The standard InChI is InChI=1S/C14H19BrN2O2/c1-9-6-10(15)4-5-11(9)17-12(7-18)13(19)16-8-14(17,2)3/h4-6,12,18H,7-8H2,1-3H3,(H,16,19). The molecule has 1 aromatic rings. The van der Waals surface area contributed by atoms with E-state index in [4.69, 9.17) is 0 Å². The normalized spacial score (nSPS) is 22.3. The zero-order valence-corrected chi connectivity index (χ0v) is 13.0. The van der Waals surface area contributed by atoms with Crippen LogP contribution in [0, 0.1) is 6.92 Å². The number of rotatable bonds is 2. The first-order valence-corrected chi connectivity index (χ1v) is 7.10. The smallest absolute Gasteiger partial charge is 0.245 e. The zero-order valence-electron chi connectivity index (χ0n) is 11.4. The molecule has 0 spiro atoms. The third-order valence-corrected chi connectivity index (χ3v) is 4.05. The van der Waals surface area contributed by atoms with Gasteiger partial charge in [-0.1, -0.05) is 15.9 Å². The van der Waals surface area contributed by atoms with Crippen LogP contribution in [0.5, 0.6) is 0 Å². The lowest BCUT2D eigenvalue weighted by molar-refractivity contribution is -0.125. The molecule has 4 nitrogen and oxygen atoms in total. The number of nitrogens with zero attached hydrogens (tertiary/aromatic N) is 1. The summed E-state index contributed by atoms with van der Waals surface area (Å²) in [5.41, 5.74) is 1.83. The SMILES string of the molecule is Cc1cc(Br)ccc1N1C(CO)C(=O)NCC1(C)C. The van der Waals surface area contributed by atoms with Gasteiger partial charge < -0.3 is 15.3 Å². The lowest BCUT2D eigenvalue weighted by atomic mass is 9.94. The van der Waals surface area contributed by atoms with E-state index in [2.05, 4.69) is 35.1 Å². The Morgan fingerprint density at radius 2 is 2.21 bits per heavy atom. The third-order valence-electron chi connectivity index (χ3n) is 3.55. The number of aliphatic hydroxyl groups is 1. The Morgan fingerprint density at radius 3 is 2.79 bits per heavy atom. The maximum atomic E-state index is 12.0. The topological polar surface area (TPSA) is 52.6 Å². The molecule has 2 N–H and O–H groups in total. The van der Waals surface area contributed by atoms with Gasteiger partial charge in [0.25, 0.3) is 0 Å². The van der Waals surface area contributed by atoms with Gasteiger partial charge in [-0.3, -0.25) is 4.79 Å². The maximum absolute atomic E-state index is 12.0. The highest BCUT2D eigenvalue weighted by Crippen LogP contribution is 2.33. The minimum absolute atomic E-state index is 0.121. The summed E-state index contributed by atoms with van der Waals surface area (Å²) in [6.45, 7) is 6.52. The number of halogens is 1. The van der Waals surface area contributed by atoms with Crippen LogP contribution in [-0.2, 0) is 4.79 Å². The van der Waals surface area contributed by atoms with Gasteiger partial charge in [0.2, 0.25) is 5.91 Å². The van der Waals surface area contributed by atoms with Crippen LogP contribution in [0.1, 0.15) is 19.4 Å². The van der Waals surface area contributed by atoms with E-state index >= 15 is 0 Å². The molecular formula is C14H19BrN2O2. The average Bonchev–Trinajstić information content (AvgIpc) is 2.33. The van der Waals surface area contributed by atoms with Crippen molar-refractivity contribution in [2.75, 3.05) is 18.1 Å². The summed E-state index contributed by atoms with van der Waals surface area (Å²) in [4.78, 5) is 14.0. The van der Waals surface area contributed by atoms with E-state index in [1.807, 2.05) is 30.0 Å². The van der Waals surface area contributed by atoms with Gasteiger partial charge >= 0.3 is 0 Å². The Labute approximate surface area is 121 Å². The van der Waals surface area contributed by atoms with Gasteiger partial charge in [-0.2, -0.15) is 0 Å². The number of amides is 1. The summed E-state index contributed by atoms with van der Waals surface area (Å²) >= 11 is 3.45. The molecule has 0 radical (unpaired) electrons. The van der Waals surface area contributed by atoms with Crippen molar-refractivity contribution >= 4 is 27.5 Å². The van der Waals surface area contributed by atoms with Crippen LogP contribution >= 0.6 is 15.9 Å². The highest BCUT2D eigenvalue weighted by atomic mass is 79.9. The van der Waals surface area contributed by atoms with Crippen molar-refractivity contribution < 1.29 is 9.90 Å². The summed E-state index contributed by atoms with van der Waals surface area (Å²) < 4.78 is 1.01. The molecule has 0 aliphatic carbocycles. The van der Waals surface area contributed by atoms with Gasteiger partial charge in [0, 0.05) is 16.7 Å². The van der Waals surface area contributed by atoms with Crippen molar-refractivity contribution in [3.63, 3.8) is 0 Å². The van der Waals surface area contributed by atoms with E-state index < -0.39 is 6.04 Å². The fourth-order valence-corrected chi connectivity index (χ4v) is 3.07. The van der Waals surface area contributed by atoms with Crippen molar-refractivity contribution in [2.45, 2.75) is 32.4 Å². The van der Waals surface area contributed by atoms with Crippen molar-refractivity contribution in [2.24, 2.45) is 0 Å². The summed E-state index contributed by atoms with van der Waals surface area (Å²) in [6.07, 6.45) is 0. The number of benzene rings is 1. The van der Waals surface area contributed by atoms with Gasteiger partial charge in [0.15, 0.2) is 0 Å². The molecule has 1 amide bonds. The van der Waals surface area contributed by atoms with Crippen LogP contribution in [0.25, 0.3) is 0 Å². The first-order chi connectivity index (χ1) is 8.86. The molecule has 1 heterocycles. The van der Waals surface area contributed by atoms with E-state index in [9.17, 15) is 9.90 Å². The number of aliphatic hydroxyl groups excluding tert-OH is 1. The molecule has 0 bridgehead atoms. The second-order valence-electron chi connectivity index (χ2n) is 5.53. The van der Waals surface area contributed by atoms with E-state index in [1.54, 1.807) is 0 Å². The number of anilines is 1. The highest BCUT2D eigenvalue weighted by Gasteiger charge is 2.41. The molecule has 0 saturated carbocycles. The number of carbonyl (C=O) groups excluding carboxylic acids is 1. The molecule has 1 atom stereocenters. The van der Waals surface area contributed by atoms with Crippen molar-refractivity contribution in [3.8, 4) is 0 Å². The minimum atomic E-state index is -0.538. The zero-order chi connectivity index (χ0) is 14.2. The van der Waals surface area contributed by atoms with Crippen LogP contribution < -0.4 is 10.2 Å². The monoisotopic (exact) mass is 326 g/mol. The summed E-state index contributed by atoms with van der Waals surface area (Å²) in [6, 6.07) is 5.43. The van der Waals surface area contributed by atoms with E-state index in [0.717, 1.165) is 15.7 Å². The molecule has 1 aromatic carbocycles. The predicted octanol–water partition coefficient (Wildman–Crippen LogP) is 1.83. The van der Waals surface area contributed by atoms with Crippen LogP contribution in [0.4, 0.5) is 5.69 Å². The summed E-state index contributed by atoms with van der Waals surface area (Å²) in [5.74, 6) is -0.121. The van der Waals surface area contributed by atoms with Gasteiger partial charge in [0.05, 0.1) is 12.1 Å². The van der Waals surface area contributed by atoms with E-state index in [1.165, 1.54) is 0 Å². The summed E-state index contributed by atoms with van der Waals surface area (Å²) in [7, 11) is 0. The van der Waals surface area contributed by atoms with Gasteiger partial charge in [-0.05, 0) is 44.5 Å². The number of aryl methyl sites for hydroxylation is 1. The maximum Gasteiger partial charge on any atom is 0.245 e. The minimum Gasteiger partial charge on any atom is -0.394 e. The van der Waals surface area contributed by atoms with E-state index in [-0.39, 0.29) is 18.1 Å². The molecule has 1 fully saturated rings. The van der Waals surface area contributed by atoms with Gasteiger partial charge in [-0.15, -0.1) is 0 Å². The molecule has 1 aliphatic heterocycles. The van der Waals surface area contributed by atoms with Crippen LogP contribution in [0.2, 0.25) is 0 Å². The Kier molecular flexibility index (Phi) is 3.87. The number of hydrogen-bond acceptors (Lipinski definition) is 3. The molecule has 1 saturated heterocycles. The van der Waals surface area contributed by atoms with Crippen LogP contribution in [0.3, 0.4) is 0 Å². The highest BCUT2D eigenvalue weighted by molar-refractivity contribution is 9.10. The van der Waals surface area contributed by atoms with Crippen molar-refractivity contribution in [1.82, 2.24) is 5.32 Å². The van der Waals surface area contributed by atoms with Crippen molar-refractivity contribution in [3.05, 3.63) is 28.2 Å². The van der Waals surface area contributed by atoms with E-state index in [0.29, 0.717) is 6.54 Å². The molecule has 104 valence electrons. The second kappa shape index (κ2) is 5.13. The van der Waals surface area contributed by atoms with Crippen LogP contribution in [-0.4, -0.2) is 35.7 Å². The van der Waals surface area contributed by atoms with Crippen molar-refractivity contribution in [1.29, 1.82) is 0 Å². The van der Waals surface area contributed by atoms with Gasteiger partial charge in [0.1, 0.15) is 6.04 Å². The molecule has 19 heavy (non-hydrogen) atoms. The summed E-state index contributed by atoms with van der Waals surface area (Å²) in [5, 5.41) is 12.4. The third kappa shape index (κ3) is 2.62. The first-order valence-electron chi connectivity index (χ1n) is 6.31. The molecule has 2 rings (SSSR count). The molecule has 5 heteroatoms. The Morgan fingerprint density at radius 1 is 1.53 bits per heavy atom. The Balaban J connectivity index is 2.50. The lowest BCUT2D eigenvalue weighted by Crippen LogP contribution is -2.67. The fourth-order valence-electron chi connectivity index (χ4n) is 2.59. The van der Waals surface area contributed by atoms with Crippen LogP contribution in [0.15, 0.2) is 22.7 Å². The predicted molar refractivity (Wildman–Crippen MR) is 79.3 cm³/mol. The quantitative estimate of drug-likeness (QED) is 0.871. The Hall–Kier alpha value is -1.07. The fraction of sp³-hybridized carbons (Fsp3) is 0.500. The average molecular weight is 327 g/mol. The number of nitrogens with one attached hydrogen (secondary N) is 1. The lowest BCUT2D eigenvalue weighted by Gasteiger charge is -2.48. The largest absolute Gasteiger partial charge is 0.394 e. The number of carbonyl (C=O) groups is 1. The number of piperazine rings is 1. The first kappa shape index (κ1) is 14.3. The Bertz CT molecular complexity index is 502. The van der Waals surface area contributed by atoms with Gasteiger partial charge in [-0.25, -0.2) is 0 Å². The molecular weight excluding hydrogens is 308 g/mol. The second-order valence-corrected chi connectivity index (χ2v) is 6.45. The number of hydrogen-bond donors (Lipinski definition) is 2.